The van der Waals surface area contributed by atoms with Gasteiger partial charge in [-0.2, -0.15) is 5.10 Å². The molecule has 0 saturated carbocycles. The molecular weight excluding hydrogens is 262 g/mol. The molecule has 2 N–H and O–H groups in total. The SMILES string of the molecule is CN=C(NCCCCCCC(C)C)NCCn1cccn1. The van der Waals surface area contributed by atoms with E-state index in [2.05, 4.69) is 34.6 Å². The van der Waals surface area contributed by atoms with E-state index in [4.69, 9.17) is 0 Å². The summed E-state index contributed by atoms with van der Waals surface area (Å²) in [5.41, 5.74) is 0. The predicted molar refractivity (Wildman–Crippen MR) is 89.5 cm³/mol. The van der Waals surface area contributed by atoms with E-state index in [9.17, 15) is 0 Å². The Bertz CT molecular complexity index is 370. The van der Waals surface area contributed by atoms with Crippen molar-refractivity contribution in [3.8, 4) is 0 Å². The van der Waals surface area contributed by atoms with Crippen LogP contribution >= 0.6 is 0 Å². The van der Waals surface area contributed by atoms with Crippen LogP contribution in [-0.4, -0.2) is 35.9 Å². The van der Waals surface area contributed by atoms with Gasteiger partial charge in [-0.3, -0.25) is 9.67 Å². The first-order valence-electron chi connectivity index (χ1n) is 8.14. The Balaban J connectivity index is 1.98. The average Bonchev–Trinajstić information content (AvgIpc) is 2.97. The van der Waals surface area contributed by atoms with Crippen molar-refractivity contribution in [3.63, 3.8) is 0 Å². The van der Waals surface area contributed by atoms with Crippen LogP contribution in [0.25, 0.3) is 0 Å². The van der Waals surface area contributed by atoms with Gasteiger partial charge in [-0.15, -0.1) is 0 Å². The first-order valence-corrected chi connectivity index (χ1v) is 8.14. The molecule has 5 heteroatoms. The van der Waals surface area contributed by atoms with Gasteiger partial charge in [0.1, 0.15) is 0 Å². The second-order valence-corrected chi connectivity index (χ2v) is 5.79. The number of aliphatic imine (C=N–C) groups is 1. The van der Waals surface area contributed by atoms with E-state index in [0.717, 1.165) is 31.5 Å². The average molecular weight is 293 g/mol. The van der Waals surface area contributed by atoms with Gasteiger partial charge in [-0.25, -0.2) is 0 Å². The number of nitrogens with zero attached hydrogens (tertiary/aromatic N) is 3. The van der Waals surface area contributed by atoms with E-state index in [1.54, 1.807) is 6.20 Å². The molecule has 0 amide bonds. The number of hydrogen-bond donors (Lipinski definition) is 2. The second kappa shape index (κ2) is 11.2. The van der Waals surface area contributed by atoms with Gasteiger partial charge < -0.3 is 10.6 Å². The molecule has 21 heavy (non-hydrogen) atoms. The highest BCUT2D eigenvalue weighted by atomic mass is 15.3. The lowest BCUT2D eigenvalue weighted by Gasteiger charge is -2.12. The van der Waals surface area contributed by atoms with E-state index in [0.29, 0.717) is 0 Å². The van der Waals surface area contributed by atoms with Crippen LogP contribution in [0, 0.1) is 5.92 Å². The summed E-state index contributed by atoms with van der Waals surface area (Å²) in [5.74, 6) is 1.71. The molecule has 0 unspecified atom stereocenters. The Kier molecular flexibility index (Phi) is 9.33. The van der Waals surface area contributed by atoms with Gasteiger partial charge in [-0.1, -0.05) is 39.5 Å². The van der Waals surface area contributed by atoms with Crippen LogP contribution in [0.4, 0.5) is 0 Å². The fraction of sp³-hybridized carbons (Fsp3) is 0.750. The molecule has 0 saturated heterocycles. The number of aromatic nitrogens is 2. The maximum Gasteiger partial charge on any atom is 0.191 e. The van der Waals surface area contributed by atoms with Crippen molar-refractivity contribution >= 4 is 5.96 Å². The van der Waals surface area contributed by atoms with Crippen molar-refractivity contribution in [2.45, 2.75) is 52.5 Å². The van der Waals surface area contributed by atoms with E-state index in [1.807, 2.05) is 24.0 Å². The molecule has 0 aromatic carbocycles. The van der Waals surface area contributed by atoms with Gasteiger partial charge in [0, 0.05) is 32.5 Å². The molecule has 120 valence electrons. The molecule has 1 rings (SSSR count). The summed E-state index contributed by atoms with van der Waals surface area (Å²) in [4.78, 5) is 4.23. The van der Waals surface area contributed by atoms with Crippen LogP contribution in [0.15, 0.2) is 23.5 Å². The topological polar surface area (TPSA) is 54.2 Å². The maximum absolute atomic E-state index is 4.23. The molecular formula is C16H31N5. The van der Waals surface area contributed by atoms with Gasteiger partial charge in [0.15, 0.2) is 5.96 Å². The fourth-order valence-electron chi connectivity index (χ4n) is 2.18. The van der Waals surface area contributed by atoms with E-state index in [1.165, 1.54) is 32.1 Å². The number of hydrogen-bond acceptors (Lipinski definition) is 2. The number of unbranched alkanes of at least 4 members (excludes halogenated alkanes) is 3. The van der Waals surface area contributed by atoms with Crippen LogP contribution < -0.4 is 10.6 Å². The van der Waals surface area contributed by atoms with Crippen molar-refractivity contribution in [3.05, 3.63) is 18.5 Å². The molecule has 1 aromatic rings. The minimum atomic E-state index is 0.829. The molecule has 1 aromatic heterocycles. The predicted octanol–water partition coefficient (Wildman–Crippen LogP) is 2.65. The molecule has 0 aliphatic heterocycles. The molecule has 5 nitrogen and oxygen atoms in total. The van der Waals surface area contributed by atoms with Gasteiger partial charge in [0.25, 0.3) is 0 Å². The Morgan fingerprint density at radius 2 is 1.90 bits per heavy atom. The second-order valence-electron chi connectivity index (χ2n) is 5.79. The Morgan fingerprint density at radius 3 is 2.57 bits per heavy atom. The van der Waals surface area contributed by atoms with Crippen molar-refractivity contribution in [2.24, 2.45) is 10.9 Å². The van der Waals surface area contributed by atoms with Crippen molar-refractivity contribution in [1.29, 1.82) is 0 Å². The first-order chi connectivity index (χ1) is 10.2. The third kappa shape index (κ3) is 9.10. The van der Waals surface area contributed by atoms with Gasteiger partial charge in [0.2, 0.25) is 0 Å². The summed E-state index contributed by atoms with van der Waals surface area (Å²) >= 11 is 0. The Labute approximate surface area is 129 Å². The van der Waals surface area contributed by atoms with Gasteiger partial charge >= 0.3 is 0 Å². The summed E-state index contributed by atoms with van der Waals surface area (Å²) < 4.78 is 1.91. The molecule has 0 aliphatic rings. The smallest absolute Gasteiger partial charge is 0.191 e. The van der Waals surface area contributed by atoms with Crippen LogP contribution in [0.1, 0.15) is 46.0 Å². The quantitative estimate of drug-likeness (QED) is 0.396. The van der Waals surface area contributed by atoms with Gasteiger partial charge in [-0.05, 0) is 18.4 Å². The monoisotopic (exact) mass is 293 g/mol. The van der Waals surface area contributed by atoms with Crippen LogP contribution in [0.2, 0.25) is 0 Å². The molecule has 0 fully saturated rings. The molecule has 1 heterocycles. The van der Waals surface area contributed by atoms with E-state index < -0.39 is 0 Å². The molecule has 0 radical (unpaired) electrons. The zero-order chi connectivity index (χ0) is 15.3. The standard InChI is InChI=1S/C16H31N5/c1-15(2)9-6-4-5-7-10-18-16(17-3)19-12-14-21-13-8-11-20-21/h8,11,13,15H,4-7,9-10,12,14H2,1-3H3,(H2,17,18,19). The summed E-state index contributed by atoms with van der Waals surface area (Å²) in [7, 11) is 1.81. The molecule has 0 aliphatic carbocycles. The third-order valence-electron chi connectivity index (χ3n) is 3.42. The van der Waals surface area contributed by atoms with Crippen molar-refractivity contribution in [2.75, 3.05) is 20.1 Å². The maximum atomic E-state index is 4.23. The van der Waals surface area contributed by atoms with E-state index >= 15 is 0 Å². The lowest BCUT2D eigenvalue weighted by atomic mass is 10.0. The molecule has 0 atom stereocenters. The number of nitrogens with one attached hydrogen (secondary N) is 2. The summed E-state index contributed by atoms with van der Waals surface area (Å²) in [6, 6.07) is 1.94. The molecule has 0 bridgehead atoms. The van der Waals surface area contributed by atoms with Crippen molar-refractivity contribution in [1.82, 2.24) is 20.4 Å². The summed E-state index contributed by atoms with van der Waals surface area (Å²) in [6.07, 6.45) is 10.3. The lowest BCUT2D eigenvalue weighted by Crippen LogP contribution is -2.39. The normalized spacial score (nSPS) is 11.9. The first kappa shape index (κ1) is 17.5. The highest BCUT2D eigenvalue weighted by molar-refractivity contribution is 5.79. The molecule has 0 spiro atoms. The highest BCUT2D eigenvalue weighted by Gasteiger charge is 1.98. The van der Waals surface area contributed by atoms with Crippen LogP contribution in [0.3, 0.4) is 0 Å². The minimum absolute atomic E-state index is 0.829. The fourth-order valence-corrected chi connectivity index (χ4v) is 2.18. The summed E-state index contributed by atoms with van der Waals surface area (Å²) in [5, 5.41) is 10.8. The number of rotatable bonds is 10. The zero-order valence-corrected chi connectivity index (χ0v) is 13.8. The third-order valence-corrected chi connectivity index (χ3v) is 3.42. The van der Waals surface area contributed by atoms with Crippen molar-refractivity contribution < 1.29 is 0 Å². The largest absolute Gasteiger partial charge is 0.356 e. The lowest BCUT2D eigenvalue weighted by molar-refractivity contribution is 0.518. The van der Waals surface area contributed by atoms with Crippen LogP contribution in [0.5, 0.6) is 0 Å². The summed E-state index contributed by atoms with van der Waals surface area (Å²) in [6.45, 7) is 7.25. The number of guanidine groups is 1. The Hall–Kier alpha value is -1.52. The highest BCUT2D eigenvalue weighted by Crippen LogP contribution is 2.08. The van der Waals surface area contributed by atoms with E-state index in [-0.39, 0.29) is 0 Å². The van der Waals surface area contributed by atoms with Gasteiger partial charge in [0.05, 0.1) is 6.54 Å². The minimum Gasteiger partial charge on any atom is -0.356 e. The Morgan fingerprint density at radius 1 is 1.14 bits per heavy atom. The zero-order valence-electron chi connectivity index (χ0n) is 13.8. The van der Waals surface area contributed by atoms with Crippen LogP contribution in [-0.2, 0) is 6.54 Å².